The van der Waals surface area contributed by atoms with Gasteiger partial charge in [-0.3, -0.25) is 4.79 Å². The maximum Gasteiger partial charge on any atom is 0.225 e. The van der Waals surface area contributed by atoms with Crippen molar-refractivity contribution in [2.75, 3.05) is 44.8 Å². The number of likely N-dealkylation sites (tertiary alicyclic amines) is 1. The van der Waals surface area contributed by atoms with Crippen LogP contribution in [0.15, 0.2) is 6.07 Å². The second-order valence-electron chi connectivity index (χ2n) is 6.96. The van der Waals surface area contributed by atoms with E-state index in [4.69, 9.17) is 9.72 Å². The third kappa shape index (κ3) is 4.23. The van der Waals surface area contributed by atoms with E-state index >= 15 is 0 Å². The van der Waals surface area contributed by atoms with Gasteiger partial charge >= 0.3 is 0 Å². The maximum atomic E-state index is 12.1. The molecule has 0 aliphatic carbocycles. The van der Waals surface area contributed by atoms with Gasteiger partial charge in [0.15, 0.2) is 0 Å². The molecule has 1 unspecified atom stereocenters. The van der Waals surface area contributed by atoms with Gasteiger partial charge in [-0.25, -0.2) is 9.97 Å². The fourth-order valence-corrected chi connectivity index (χ4v) is 3.66. The lowest BCUT2D eigenvalue weighted by Crippen LogP contribution is -2.31. The fourth-order valence-electron chi connectivity index (χ4n) is 3.66. The van der Waals surface area contributed by atoms with Crippen molar-refractivity contribution in [2.45, 2.75) is 39.0 Å². The molecule has 2 fully saturated rings. The van der Waals surface area contributed by atoms with Crippen molar-refractivity contribution in [3.63, 3.8) is 0 Å². The number of hydrogen-bond donors (Lipinski definition) is 0. The van der Waals surface area contributed by atoms with Crippen molar-refractivity contribution in [2.24, 2.45) is 5.92 Å². The summed E-state index contributed by atoms with van der Waals surface area (Å²) >= 11 is 0. The maximum absolute atomic E-state index is 12.1. The number of hydrogen-bond acceptors (Lipinski definition) is 5. The van der Waals surface area contributed by atoms with E-state index in [9.17, 15) is 4.79 Å². The van der Waals surface area contributed by atoms with Crippen molar-refractivity contribution >= 4 is 11.9 Å². The highest BCUT2D eigenvalue weighted by Crippen LogP contribution is 2.23. The van der Waals surface area contributed by atoms with E-state index in [1.165, 1.54) is 19.3 Å². The first kappa shape index (κ1) is 17.1. The van der Waals surface area contributed by atoms with Gasteiger partial charge in [0.05, 0.1) is 6.61 Å². The molecule has 3 rings (SSSR count). The van der Waals surface area contributed by atoms with Gasteiger partial charge in [0.1, 0.15) is 0 Å². The number of ether oxygens (including phenoxy) is 1. The number of anilines is 1. The summed E-state index contributed by atoms with van der Waals surface area (Å²) in [7, 11) is 1.67. The summed E-state index contributed by atoms with van der Waals surface area (Å²) in [5.41, 5.74) is 2.08. The Bertz CT molecular complexity index is 572. The summed E-state index contributed by atoms with van der Waals surface area (Å²) in [5, 5.41) is 0. The standard InChI is InChI=1S/C18H28N4O2/c1-14-10-16(20-18(19-14)21-6-4-3-5-7-21)11-15-12-17(23)22(13-15)8-9-24-2/h10,15H,3-9,11-13H2,1-2H3. The number of aryl methyl sites for hydroxylation is 1. The van der Waals surface area contributed by atoms with Crippen molar-refractivity contribution in [1.29, 1.82) is 0 Å². The molecule has 0 radical (unpaired) electrons. The van der Waals surface area contributed by atoms with E-state index < -0.39 is 0 Å². The molecular formula is C18H28N4O2. The lowest BCUT2D eigenvalue weighted by atomic mass is 10.0. The molecule has 1 atom stereocenters. The Morgan fingerprint density at radius 2 is 2.04 bits per heavy atom. The van der Waals surface area contributed by atoms with E-state index in [2.05, 4.69) is 16.0 Å². The van der Waals surface area contributed by atoms with E-state index in [-0.39, 0.29) is 5.91 Å². The van der Waals surface area contributed by atoms with Crippen LogP contribution in [0.1, 0.15) is 37.1 Å². The molecule has 132 valence electrons. The minimum absolute atomic E-state index is 0.235. The summed E-state index contributed by atoms with van der Waals surface area (Å²) in [6.07, 6.45) is 5.21. The van der Waals surface area contributed by atoms with Crippen LogP contribution in [0.4, 0.5) is 5.95 Å². The number of rotatable bonds is 6. The van der Waals surface area contributed by atoms with Crippen LogP contribution in [0.5, 0.6) is 0 Å². The molecule has 6 heteroatoms. The van der Waals surface area contributed by atoms with Gasteiger partial charge in [-0.2, -0.15) is 0 Å². The van der Waals surface area contributed by atoms with E-state index in [1.54, 1.807) is 7.11 Å². The first-order valence-electron chi connectivity index (χ1n) is 9.02. The Kier molecular flexibility index (Phi) is 5.66. The van der Waals surface area contributed by atoms with Crippen LogP contribution in [0.2, 0.25) is 0 Å². The number of amides is 1. The minimum Gasteiger partial charge on any atom is -0.383 e. The third-order valence-electron chi connectivity index (χ3n) is 4.89. The smallest absolute Gasteiger partial charge is 0.225 e. The molecule has 6 nitrogen and oxygen atoms in total. The zero-order chi connectivity index (χ0) is 16.9. The van der Waals surface area contributed by atoms with Gasteiger partial charge in [-0.1, -0.05) is 0 Å². The Hall–Kier alpha value is -1.69. The molecule has 1 amide bonds. The molecule has 0 spiro atoms. The van der Waals surface area contributed by atoms with Crippen molar-refractivity contribution in [3.05, 3.63) is 17.5 Å². The van der Waals surface area contributed by atoms with Crippen LogP contribution in [0, 0.1) is 12.8 Å². The normalized spacial score (nSPS) is 21.6. The Morgan fingerprint density at radius 3 is 2.79 bits per heavy atom. The van der Waals surface area contributed by atoms with E-state index in [0.717, 1.165) is 43.4 Å². The van der Waals surface area contributed by atoms with Gasteiger partial charge in [0.2, 0.25) is 11.9 Å². The Morgan fingerprint density at radius 1 is 1.25 bits per heavy atom. The number of aromatic nitrogens is 2. The molecule has 0 N–H and O–H groups in total. The zero-order valence-electron chi connectivity index (χ0n) is 14.8. The topological polar surface area (TPSA) is 58.6 Å². The lowest BCUT2D eigenvalue weighted by molar-refractivity contribution is -0.128. The van der Waals surface area contributed by atoms with Crippen molar-refractivity contribution in [1.82, 2.24) is 14.9 Å². The molecule has 1 aromatic heterocycles. The third-order valence-corrected chi connectivity index (χ3v) is 4.89. The summed E-state index contributed by atoms with van der Waals surface area (Å²) in [6, 6.07) is 2.07. The van der Waals surface area contributed by atoms with Crippen LogP contribution in [0.3, 0.4) is 0 Å². The number of carbonyl (C=O) groups excluding carboxylic acids is 1. The van der Waals surface area contributed by atoms with E-state index in [1.807, 2.05) is 11.8 Å². The molecule has 0 aromatic carbocycles. The van der Waals surface area contributed by atoms with Gasteiger partial charge < -0.3 is 14.5 Å². The minimum atomic E-state index is 0.235. The molecule has 1 aromatic rings. The highest BCUT2D eigenvalue weighted by molar-refractivity contribution is 5.78. The Labute approximate surface area is 144 Å². The molecule has 24 heavy (non-hydrogen) atoms. The highest BCUT2D eigenvalue weighted by Gasteiger charge is 2.29. The molecule has 0 bridgehead atoms. The molecule has 2 aliphatic heterocycles. The monoisotopic (exact) mass is 332 g/mol. The summed E-state index contributed by atoms with van der Waals surface area (Å²) in [5.74, 6) is 1.45. The molecular weight excluding hydrogens is 304 g/mol. The first-order valence-corrected chi connectivity index (χ1v) is 9.02. The van der Waals surface area contributed by atoms with Gasteiger partial charge in [-0.05, 0) is 44.6 Å². The van der Waals surface area contributed by atoms with Gasteiger partial charge in [0, 0.05) is 51.1 Å². The number of nitrogens with zero attached hydrogens (tertiary/aromatic N) is 4. The summed E-state index contributed by atoms with van der Waals surface area (Å²) < 4.78 is 5.08. The predicted octanol–water partition coefficient (Wildman–Crippen LogP) is 1.81. The van der Waals surface area contributed by atoms with Crippen molar-refractivity contribution < 1.29 is 9.53 Å². The second kappa shape index (κ2) is 7.92. The fraction of sp³-hybridized carbons (Fsp3) is 0.722. The van der Waals surface area contributed by atoms with Crippen molar-refractivity contribution in [3.8, 4) is 0 Å². The molecule has 2 saturated heterocycles. The zero-order valence-corrected chi connectivity index (χ0v) is 14.8. The summed E-state index contributed by atoms with van der Waals surface area (Å²) in [6.45, 7) is 6.23. The highest BCUT2D eigenvalue weighted by atomic mass is 16.5. The average molecular weight is 332 g/mol. The molecule has 3 heterocycles. The SMILES string of the molecule is COCCN1CC(Cc2cc(C)nc(N3CCCCC3)n2)CC1=O. The first-order chi connectivity index (χ1) is 11.7. The average Bonchev–Trinajstić information content (AvgIpc) is 2.92. The quantitative estimate of drug-likeness (QED) is 0.795. The number of piperidine rings is 1. The molecule has 2 aliphatic rings. The van der Waals surface area contributed by atoms with Crippen LogP contribution < -0.4 is 4.90 Å². The van der Waals surface area contributed by atoms with Crippen LogP contribution >= 0.6 is 0 Å². The number of methoxy groups -OCH3 is 1. The largest absolute Gasteiger partial charge is 0.383 e. The van der Waals surface area contributed by atoms with Crippen LogP contribution in [-0.2, 0) is 16.0 Å². The van der Waals surface area contributed by atoms with Crippen LogP contribution in [0.25, 0.3) is 0 Å². The van der Waals surface area contributed by atoms with Gasteiger partial charge in [0.25, 0.3) is 0 Å². The lowest BCUT2D eigenvalue weighted by Gasteiger charge is -2.27. The molecule has 0 saturated carbocycles. The van der Waals surface area contributed by atoms with Gasteiger partial charge in [-0.15, -0.1) is 0 Å². The van der Waals surface area contributed by atoms with Crippen LogP contribution in [-0.4, -0.2) is 60.7 Å². The summed E-state index contributed by atoms with van der Waals surface area (Å²) in [4.78, 5) is 25.7. The predicted molar refractivity (Wildman–Crippen MR) is 93.1 cm³/mol. The number of carbonyl (C=O) groups is 1. The van der Waals surface area contributed by atoms with E-state index in [0.29, 0.717) is 25.5 Å². The Balaban J connectivity index is 1.64. The second-order valence-corrected chi connectivity index (χ2v) is 6.96.